The molecule has 0 bridgehead atoms. The van der Waals surface area contributed by atoms with Crippen LogP contribution in [0.2, 0.25) is 0 Å². The molecule has 1 rings (SSSR count). The van der Waals surface area contributed by atoms with Crippen molar-refractivity contribution in [1.29, 1.82) is 0 Å². The second kappa shape index (κ2) is 4.80. The van der Waals surface area contributed by atoms with Crippen LogP contribution in [-0.4, -0.2) is 11.1 Å². The fraction of sp³-hybridized carbons (Fsp3) is 0.417. The molecule has 76 valence electrons. The van der Waals surface area contributed by atoms with Crippen LogP contribution in [0.5, 0.6) is 0 Å². The van der Waals surface area contributed by atoms with Crippen molar-refractivity contribution in [1.82, 2.24) is 0 Å². The molecule has 0 aromatic rings. The first kappa shape index (κ1) is 10.8. The Bertz CT molecular complexity index is 297. The highest BCUT2D eigenvalue weighted by molar-refractivity contribution is 5.70. The van der Waals surface area contributed by atoms with Gasteiger partial charge in [0.25, 0.3) is 0 Å². The molecule has 0 saturated heterocycles. The highest BCUT2D eigenvalue weighted by Crippen LogP contribution is 2.25. The van der Waals surface area contributed by atoms with E-state index in [0.29, 0.717) is 5.92 Å². The van der Waals surface area contributed by atoms with E-state index < -0.39 is 5.97 Å². The van der Waals surface area contributed by atoms with Crippen LogP contribution in [0.4, 0.5) is 0 Å². The van der Waals surface area contributed by atoms with Crippen LogP contribution in [0.3, 0.4) is 0 Å². The summed E-state index contributed by atoms with van der Waals surface area (Å²) in [7, 11) is 0. The summed E-state index contributed by atoms with van der Waals surface area (Å²) in [5, 5.41) is 8.69. The van der Waals surface area contributed by atoms with Gasteiger partial charge in [-0.05, 0) is 24.3 Å². The molecular formula is C12H16O2. The minimum absolute atomic E-state index is 0.158. The van der Waals surface area contributed by atoms with Gasteiger partial charge in [-0.25, -0.2) is 0 Å². The van der Waals surface area contributed by atoms with Crippen LogP contribution in [0.15, 0.2) is 36.0 Å². The first-order chi connectivity index (χ1) is 6.61. The molecule has 0 heterocycles. The Kier molecular flexibility index (Phi) is 3.69. The second-order valence-corrected chi connectivity index (χ2v) is 3.85. The fourth-order valence-corrected chi connectivity index (χ4v) is 1.76. The molecule has 1 aliphatic carbocycles. The zero-order valence-corrected chi connectivity index (χ0v) is 8.49. The number of aliphatic carboxylic acids is 1. The van der Waals surface area contributed by atoms with E-state index in [1.165, 1.54) is 5.57 Å². The van der Waals surface area contributed by atoms with Gasteiger partial charge in [-0.15, -0.1) is 0 Å². The van der Waals surface area contributed by atoms with Crippen LogP contribution in [0, 0.1) is 5.92 Å². The molecular weight excluding hydrogens is 176 g/mol. The summed E-state index contributed by atoms with van der Waals surface area (Å²) in [6.45, 7) is 5.87. The SMILES string of the molecule is C=CC1=CC=C(CC(=O)O)CC(C)C1. The van der Waals surface area contributed by atoms with Crippen molar-refractivity contribution in [3.05, 3.63) is 36.0 Å². The van der Waals surface area contributed by atoms with Crippen molar-refractivity contribution in [3.8, 4) is 0 Å². The van der Waals surface area contributed by atoms with E-state index in [4.69, 9.17) is 5.11 Å². The molecule has 0 aromatic heterocycles. The Morgan fingerprint density at radius 1 is 1.64 bits per heavy atom. The zero-order chi connectivity index (χ0) is 10.6. The average molecular weight is 192 g/mol. The van der Waals surface area contributed by atoms with Gasteiger partial charge in [0.2, 0.25) is 0 Å². The molecule has 0 saturated carbocycles. The van der Waals surface area contributed by atoms with Gasteiger partial charge in [0.15, 0.2) is 0 Å². The molecule has 14 heavy (non-hydrogen) atoms. The Hall–Kier alpha value is -1.31. The maximum Gasteiger partial charge on any atom is 0.307 e. The fourth-order valence-electron chi connectivity index (χ4n) is 1.76. The number of rotatable bonds is 3. The maximum absolute atomic E-state index is 10.6. The monoisotopic (exact) mass is 192 g/mol. The van der Waals surface area contributed by atoms with Gasteiger partial charge in [-0.2, -0.15) is 0 Å². The van der Waals surface area contributed by atoms with Crippen LogP contribution in [-0.2, 0) is 4.79 Å². The summed E-state index contributed by atoms with van der Waals surface area (Å²) >= 11 is 0. The number of carboxylic acids is 1. The Balaban J connectivity index is 2.76. The number of carboxylic acid groups (broad SMARTS) is 1. The number of allylic oxidation sites excluding steroid dienone is 4. The lowest BCUT2D eigenvalue weighted by Gasteiger charge is -2.10. The van der Waals surface area contributed by atoms with E-state index in [1.807, 2.05) is 18.2 Å². The zero-order valence-electron chi connectivity index (χ0n) is 8.49. The molecule has 0 radical (unpaired) electrons. The molecule has 1 N–H and O–H groups in total. The lowest BCUT2D eigenvalue weighted by Crippen LogP contribution is -2.01. The summed E-state index contributed by atoms with van der Waals surface area (Å²) in [5.74, 6) is -0.244. The lowest BCUT2D eigenvalue weighted by atomic mass is 9.96. The molecule has 2 heteroatoms. The first-order valence-electron chi connectivity index (χ1n) is 4.84. The predicted molar refractivity (Wildman–Crippen MR) is 57.0 cm³/mol. The van der Waals surface area contributed by atoms with Gasteiger partial charge < -0.3 is 5.11 Å². The predicted octanol–water partition coefficient (Wildman–Crippen LogP) is 2.93. The number of carbonyl (C=O) groups is 1. The summed E-state index contributed by atoms with van der Waals surface area (Å²) in [6.07, 6.45) is 7.77. The Labute approximate surface area is 84.6 Å². The Morgan fingerprint density at radius 2 is 2.36 bits per heavy atom. The lowest BCUT2D eigenvalue weighted by molar-refractivity contribution is -0.136. The number of hydrogen-bond acceptors (Lipinski definition) is 1. The van der Waals surface area contributed by atoms with Crippen LogP contribution in [0.1, 0.15) is 26.2 Å². The van der Waals surface area contributed by atoms with E-state index in [1.54, 1.807) is 0 Å². The van der Waals surface area contributed by atoms with E-state index >= 15 is 0 Å². The van der Waals surface area contributed by atoms with E-state index in [-0.39, 0.29) is 6.42 Å². The molecule has 2 nitrogen and oxygen atoms in total. The average Bonchev–Trinajstić information content (AvgIpc) is 2.26. The molecule has 0 aliphatic heterocycles. The van der Waals surface area contributed by atoms with Gasteiger partial charge in [0.1, 0.15) is 0 Å². The molecule has 1 aliphatic rings. The maximum atomic E-state index is 10.6. The van der Waals surface area contributed by atoms with Crippen LogP contribution in [0.25, 0.3) is 0 Å². The van der Waals surface area contributed by atoms with Crippen LogP contribution < -0.4 is 0 Å². The van der Waals surface area contributed by atoms with Crippen molar-refractivity contribution in [2.45, 2.75) is 26.2 Å². The molecule has 1 unspecified atom stereocenters. The van der Waals surface area contributed by atoms with Gasteiger partial charge in [0, 0.05) is 0 Å². The minimum atomic E-state index is -0.751. The van der Waals surface area contributed by atoms with E-state index in [0.717, 1.165) is 18.4 Å². The molecule has 1 atom stereocenters. The van der Waals surface area contributed by atoms with Gasteiger partial charge >= 0.3 is 5.97 Å². The third-order valence-electron chi connectivity index (χ3n) is 2.37. The third-order valence-corrected chi connectivity index (χ3v) is 2.37. The quantitative estimate of drug-likeness (QED) is 0.746. The summed E-state index contributed by atoms with van der Waals surface area (Å²) in [4.78, 5) is 10.6. The standard InChI is InChI=1S/C12H16O2/c1-3-10-4-5-11(8-12(13)14)7-9(2)6-10/h3-5,9H,1,6-8H2,2H3,(H,13,14). The topological polar surface area (TPSA) is 37.3 Å². The first-order valence-corrected chi connectivity index (χ1v) is 4.84. The van der Waals surface area contributed by atoms with Crippen LogP contribution >= 0.6 is 0 Å². The van der Waals surface area contributed by atoms with Crippen molar-refractivity contribution in [3.63, 3.8) is 0 Å². The van der Waals surface area contributed by atoms with Gasteiger partial charge in [0.05, 0.1) is 6.42 Å². The molecule has 0 aromatic carbocycles. The summed E-state index contributed by atoms with van der Waals surface area (Å²) < 4.78 is 0. The smallest absolute Gasteiger partial charge is 0.307 e. The Morgan fingerprint density at radius 3 is 2.93 bits per heavy atom. The summed E-state index contributed by atoms with van der Waals surface area (Å²) in [5.41, 5.74) is 2.19. The number of hydrogen-bond donors (Lipinski definition) is 1. The van der Waals surface area contributed by atoms with E-state index in [2.05, 4.69) is 13.5 Å². The normalized spacial score (nSPS) is 21.9. The largest absolute Gasteiger partial charge is 0.481 e. The molecule has 0 amide bonds. The molecule has 0 fully saturated rings. The van der Waals surface area contributed by atoms with Crippen molar-refractivity contribution in [2.75, 3.05) is 0 Å². The van der Waals surface area contributed by atoms with Crippen molar-refractivity contribution >= 4 is 5.97 Å². The molecule has 0 spiro atoms. The summed E-state index contributed by atoms with van der Waals surface area (Å²) in [6, 6.07) is 0. The third kappa shape index (κ3) is 3.21. The second-order valence-electron chi connectivity index (χ2n) is 3.85. The van der Waals surface area contributed by atoms with E-state index in [9.17, 15) is 4.79 Å². The minimum Gasteiger partial charge on any atom is -0.481 e. The van der Waals surface area contributed by atoms with Gasteiger partial charge in [-0.3, -0.25) is 4.79 Å². The highest BCUT2D eigenvalue weighted by atomic mass is 16.4. The van der Waals surface area contributed by atoms with Crippen molar-refractivity contribution in [2.24, 2.45) is 5.92 Å². The highest BCUT2D eigenvalue weighted by Gasteiger charge is 2.12. The van der Waals surface area contributed by atoms with Gasteiger partial charge in [-0.1, -0.05) is 37.3 Å². The van der Waals surface area contributed by atoms with Crippen molar-refractivity contribution < 1.29 is 9.90 Å².